The number of rotatable bonds is 5. The Labute approximate surface area is 162 Å². The van der Waals surface area contributed by atoms with E-state index in [0.717, 1.165) is 16.6 Å². The molecule has 28 heavy (non-hydrogen) atoms. The fourth-order valence-electron chi connectivity index (χ4n) is 3.17. The SMILES string of the molecule is O=C(NCc1ccccn1)c1cc2ccccc2c(=O)n1Cc1ccccc1. The van der Waals surface area contributed by atoms with Gasteiger partial charge in [-0.3, -0.25) is 19.1 Å². The maximum absolute atomic E-state index is 13.1. The van der Waals surface area contributed by atoms with Gasteiger partial charge in [-0.05, 0) is 35.2 Å². The lowest BCUT2D eigenvalue weighted by molar-refractivity contribution is 0.0940. The maximum atomic E-state index is 13.1. The summed E-state index contributed by atoms with van der Waals surface area (Å²) in [6, 6.07) is 24.3. The topological polar surface area (TPSA) is 64.0 Å². The largest absolute Gasteiger partial charge is 0.345 e. The summed E-state index contributed by atoms with van der Waals surface area (Å²) in [6.07, 6.45) is 1.68. The van der Waals surface area contributed by atoms with Crippen LogP contribution < -0.4 is 10.9 Å². The van der Waals surface area contributed by atoms with Crippen LogP contribution in [0.1, 0.15) is 21.7 Å². The predicted molar refractivity (Wildman–Crippen MR) is 109 cm³/mol. The summed E-state index contributed by atoms with van der Waals surface area (Å²) in [7, 11) is 0. The molecule has 0 radical (unpaired) electrons. The van der Waals surface area contributed by atoms with E-state index in [4.69, 9.17) is 0 Å². The van der Waals surface area contributed by atoms with Gasteiger partial charge in [-0.25, -0.2) is 0 Å². The number of carbonyl (C=O) groups is 1. The van der Waals surface area contributed by atoms with Crippen molar-refractivity contribution in [3.8, 4) is 0 Å². The van der Waals surface area contributed by atoms with Crippen LogP contribution in [0.4, 0.5) is 0 Å². The smallest absolute Gasteiger partial charge is 0.268 e. The Morgan fingerprint density at radius 3 is 2.46 bits per heavy atom. The Morgan fingerprint density at radius 1 is 0.929 bits per heavy atom. The number of carbonyl (C=O) groups excluding carboxylic acids is 1. The van der Waals surface area contributed by atoms with Crippen LogP contribution in [-0.4, -0.2) is 15.5 Å². The lowest BCUT2D eigenvalue weighted by Crippen LogP contribution is -2.32. The summed E-state index contributed by atoms with van der Waals surface area (Å²) in [5, 5.41) is 4.22. The fourth-order valence-corrected chi connectivity index (χ4v) is 3.17. The summed E-state index contributed by atoms with van der Waals surface area (Å²) in [5.41, 5.74) is 1.88. The van der Waals surface area contributed by atoms with E-state index >= 15 is 0 Å². The van der Waals surface area contributed by atoms with Crippen molar-refractivity contribution in [1.29, 1.82) is 0 Å². The third-order valence-electron chi connectivity index (χ3n) is 4.59. The minimum absolute atomic E-state index is 0.176. The van der Waals surface area contributed by atoms with Crippen molar-refractivity contribution in [2.24, 2.45) is 0 Å². The molecule has 4 rings (SSSR count). The van der Waals surface area contributed by atoms with Gasteiger partial charge >= 0.3 is 0 Å². The van der Waals surface area contributed by atoms with Crippen molar-refractivity contribution < 1.29 is 4.79 Å². The molecule has 0 atom stereocenters. The standard InChI is InChI=1S/C23H19N3O2/c27-22(25-15-19-11-6-7-13-24-19)21-14-18-10-4-5-12-20(18)23(28)26(21)16-17-8-2-1-3-9-17/h1-14H,15-16H2,(H,25,27). The number of nitrogens with one attached hydrogen (secondary N) is 1. The first-order chi connectivity index (χ1) is 13.7. The highest BCUT2D eigenvalue weighted by atomic mass is 16.2. The molecular formula is C23H19N3O2. The Morgan fingerprint density at radius 2 is 1.68 bits per heavy atom. The van der Waals surface area contributed by atoms with Gasteiger partial charge in [-0.15, -0.1) is 0 Å². The minimum atomic E-state index is -0.301. The highest BCUT2D eigenvalue weighted by Crippen LogP contribution is 2.14. The Kier molecular flexibility index (Phi) is 4.97. The normalized spacial score (nSPS) is 10.7. The number of hydrogen-bond donors (Lipinski definition) is 1. The molecule has 2 aromatic carbocycles. The average molecular weight is 369 g/mol. The average Bonchev–Trinajstić information content (AvgIpc) is 2.75. The second kappa shape index (κ2) is 7.88. The molecule has 4 aromatic rings. The molecule has 0 saturated carbocycles. The van der Waals surface area contributed by atoms with E-state index in [1.807, 2.05) is 66.7 Å². The minimum Gasteiger partial charge on any atom is -0.345 e. The van der Waals surface area contributed by atoms with Crippen molar-refractivity contribution in [1.82, 2.24) is 14.9 Å². The molecule has 0 aliphatic heterocycles. The maximum Gasteiger partial charge on any atom is 0.268 e. The molecule has 0 spiro atoms. The molecule has 1 N–H and O–H groups in total. The van der Waals surface area contributed by atoms with Crippen LogP contribution >= 0.6 is 0 Å². The molecule has 0 aliphatic carbocycles. The monoisotopic (exact) mass is 369 g/mol. The summed E-state index contributed by atoms with van der Waals surface area (Å²) >= 11 is 0. The number of pyridine rings is 2. The van der Waals surface area contributed by atoms with Gasteiger partial charge < -0.3 is 5.32 Å². The number of fused-ring (bicyclic) bond motifs is 1. The molecule has 5 heteroatoms. The molecule has 0 fully saturated rings. The molecule has 0 unspecified atom stereocenters. The van der Waals surface area contributed by atoms with E-state index in [9.17, 15) is 9.59 Å². The number of nitrogens with zero attached hydrogens (tertiary/aromatic N) is 2. The van der Waals surface area contributed by atoms with Crippen LogP contribution in [0.25, 0.3) is 10.8 Å². The lowest BCUT2D eigenvalue weighted by Gasteiger charge is -2.15. The first kappa shape index (κ1) is 17.7. The van der Waals surface area contributed by atoms with Crippen molar-refractivity contribution in [3.63, 3.8) is 0 Å². The van der Waals surface area contributed by atoms with Crippen LogP contribution in [0, 0.1) is 0 Å². The van der Waals surface area contributed by atoms with E-state index in [0.29, 0.717) is 24.2 Å². The van der Waals surface area contributed by atoms with Gasteiger partial charge in [0.15, 0.2) is 0 Å². The number of benzene rings is 2. The first-order valence-electron chi connectivity index (χ1n) is 9.07. The highest BCUT2D eigenvalue weighted by Gasteiger charge is 2.16. The van der Waals surface area contributed by atoms with E-state index in [-0.39, 0.29) is 11.5 Å². The van der Waals surface area contributed by atoms with Gasteiger partial charge in [-0.1, -0.05) is 54.6 Å². The quantitative estimate of drug-likeness (QED) is 0.587. The van der Waals surface area contributed by atoms with Crippen LogP contribution in [-0.2, 0) is 13.1 Å². The molecule has 0 saturated heterocycles. The van der Waals surface area contributed by atoms with Crippen molar-refractivity contribution in [2.45, 2.75) is 13.1 Å². The molecule has 0 bridgehead atoms. The number of amides is 1. The second-order valence-electron chi connectivity index (χ2n) is 6.50. The molecule has 1 amide bonds. The first-order valence-corrected chi connectivity index (χ1v) is 9.07. The zero-order valence-corrected chi connectivity index (χ0v) is 15.2. The van der Waals surface area contributed by atoms with Crippen LogP contribution in [0.5, 0.6) is 0 Å². The van der Waals surface area contributed by atoms with Crippen LogP contribution in [0.15, 0.2) is 89.9 Å². The van der Waals surface area contributed by atoms with Gasteiger partial charge in [0, 0.05) is 11.6 Å². The van der Waals surface area contributed by atoms with Crippen molar-refractivity contribution in [2.75, 3.05) is 0 Å². The van der Waals surface area contributed by atoms with Gasteiger partial charge in [0.1, 0.15) is 5.69 Å². The summed E-state index contributed by atoms with van der Waals surface area (Å²) < 4.78 is 1.53. The van der Waals surface area contributed by atoms with Gasteiger partial charge in [0.25, 0.3) is 11.5 Å². The Bertz CT molecular complexity index is 1170. The summed E-state index contributed by atoms with van der Waals surface area (Å²) in [4.78, 5) is 30.2. The second-order valence-corrected chi connectivity index (χ2v) is 6.50. The zero-order chi connectivity index (χ0) is 19.3. The highest BCUT2D eigenvalue weighted by molar-refractivity contribution is 5.96. The molecular weight excluding hydrogens is 350 g/mol. The zero-order valence-electron chi connectivity index (χ0n) is 15.2. The Balaban J connectivity index is 1.73. The lowest BCUT2D eigenvalue weighted by atomic mass is 10.1. The molecule has 2 aromatic heterocycles. The van der Waals surface area contributed by atoms with Gasteiger partial charge in [0.05, 0.1) is 18.8 Å². The third-order valence-corrected chi connectivity index (χ3v) is 4.59. The van der Waals surface area contributed by atoms with Crippen molar-refractivity contribution in [3.05, 3.63) is 112 Å². The molecule has 138 valence electrons. The predicted octanol–water partition coefficient (Wildman–Crippen LogP) is 3.37. The van der Waals surface area contributed by atoms with Crippen molar-refractivity contribution >= 4 is 16.7 Å². The molecule has 5 nitrogen and oxygen atoms in total. The third kappa shape index (κ3) is 3.69. The molecule has 0 aliphatic rings. The van der Waals surface area contributed by atoms with E-state index in [1.54, 1.807) is 18.3 Å². The van der Waals surface area contributed by atoms with Crippen LogP contribution in [0.2, 0.25) is 0 Å². The van der Waals surface area contributed by atoms with E-state index in [2.05, 4.69) is 10.3 Å². The van der Waals surface area contributed by atoms with E-state index < -0.39 is 0 Å². The van der Waals surface area contributed by atoms with Crippen LogP contribution in [0.3, 0.4) is 0 Å². The fraction of sp³-hybridized carbons (Fsp3) is 0.0870. The van der Waals surface area contributed by atoms with E-state index in [1.165, 1.54) is 4.57 Å². The Hall–Kier alpha value is -3.73. The van der Waals surface area contributed by atoms with Gasteiger partial charge in [0.2, 0.25) is 0 Å². The van der Waals surface area contributed by atoms with Gasteiger partial charge in [-0.2, -0.15) is 0 Å². The number of hydrogen-bond acceptors (Lipinski definition) is 3. The summed E-state index contributed by atoms with van der Waals surface area (Å²) in [6.45, 7) is 0.628. The molecule has 2 heterocycles. The summed E-state index contributed by atoms with van der Waals surface area (Å²) in [5.74, 6) is -0.301. The number of aromatic nitrogens is 2.